The molecule has 1 aromatic rings. The van der Waals surface area contributed by atoms with Crippen LogP contribution in [0.5, 0.6) is 5.75 Å². The standard InChI is InChI=1S/C17H25NO3/c1-12-11-18-14(13(2)16(12)21-3)10-15(19)17(20)8-6-4-5-7-9-17/h11,20H,4-10H2,1-3H3. The number of hydrogen-bond donors (Lipinski definition) is 1. The maximum absolute atomic E-state index is 12.5. The largest absolute Gasteiger partial charge is 0.496 e. The molecule has 1 heterocycles. The van der Waals surface area contributed by atoms with Gasteiger partial charge < -0.3 is 9.84 Å². The van der Waals surface area contributed by atoms with Crippen LogP contribution in [0.25, 0.3) is 0 Å². The Balaban J connectivity index is 2.19. The molecule has 1 aliphatic rings. The number of aryl methyl sites for hydroxylation is 1. The Kier molecular flexibility index (Phi) is 4.99. The van der Waals surface area contributed by atoms with E-state index in [1.165, 1.54) is 0 Å². The van der Waals surface area contributed by atoms with Crippen LogP contribution in [0.2, 0.25) is 0 Å². The van der Waals surface area contributed by atoms with Gasteiger partial charge in [0.1, 0.15) is 11.4 Å². The third-order valence-corrected chi connectivity index (χ3v) is 4.53. The van der Waals surface area contributed by atoms with E-state index >= 15 is 0 Å². The van der Waals surface area contributed by atoms with Gasteiger partial charge >= 0.3 is 0 Å². The van der Waals surface area contributed by atoms with Crippen molar-refractivity contribution >= 4 is 5.78 Å². The van der Waals surface area contributed by atoms with Crippen LogP contribution in [0.1, 0.15) is 55.3 Å². The van der Waals surface area contributed by atoms with Gasteiger partial charge in [-0.25, -0.2) is 0 Å². The van der Waals surface area contributed by atoms with Crippen molar-refractivity contribution in [1.82, 2.24) is 4.98 Å². The van der Waals surface area contributed by atoms with Crippen molar-refractivity contribution in [3.63, 3.8) is 0 Å². The Bertz CT molecular complexity index is 517. The van der Waals surface area contributed by atoms with Gasteiger partial charge in [0.05, 0.1) is 19.2 Å². The van der Waals surface area contributed by atoms with Gasteiger partial charge in [-0.3, -0.25) is 9.78 Å². The highest BCUT2D eigenvalue weighted by Gasteiger charge is 2.36. The van der Waals surface area contributed by atoms with Gasteiger partial charge in [0.15, 0.2) is 5.78 Å². The fourth-order valence-electron chi connectivity index (χ4n) is 3.16. The summed E-state index contributed by atoms with van der Waals surface area (Å²) in [6.45, 7) is 3.85. The van der Waals surface area contributed by atoms with Gasteiger partial charge in [-0.1, -0.05) is 25.7 Å². The highest BCUT2D eigenvalue weighted by molar-refractivity contribution is 5.89. The van der Waals surface area contributed by atoms with Gasteiger partial charge in [0.2, 0.25) is 0 Å². The van der Waals surface area contributed by atoms with E-state index in [0.29, 0.717) is 18.5 Å². The van der Waals surface area contributed by atoms with Crippen LogP contribution in [0.3, 0.4) is 0 Å². The maximum Gasteiger partial charge on any atom is 0.170 e. The quantitative estimate of drug-likeness (QED) is 0.867. The van der Waals surface area contributed by atoms with Crippen LogP contribution in [0.4, 0.5) is 0 Å². The molecule has 0 aliphatic heterocycles. The zero-order valence-electron chi connectivity index (χ0n) is 13.2. The molecule has 0 aromatic carbocycles. The number of carbonyl (C=O) groups excluding carboxylic acids is 1. The summed E-state index contributed by atoms with van der Waals surface area (Å²) in [5, 5.41) is 10.6. The Hall–Kier alpha value is -1.42. The molecule has 1 N–H and O–H groups in total. The number of hydrogen-bond acceptors (Lipinski definition) is 4. The second-order valence-corrected chi connectivity index (χ2v) is 6.09. The molecule has 116 valence electrons. The molecule has 0 bridgehead atoms. The van der Waals surface area contributed by atoms with E-state index in [4.69, 9.17) is 4.74 Å². The first-order chi connectivity index (χ1) is 9.98. The maximum atomic E-state index is 12.5. The van der Waals surface area contributed by atoms with Crippen LogP contribution in [0, 0.1) is 13.8 Å². The molecule has 0 spiro atoms. The summed E-state index contributed by atoms with van der Waals surface area (Å²) in [5.74, 6) is 0.673. The smallest absolute Gasteiger partial charge is 0.170 e. The molecule has 0 radical (unpaired) electrons. The number of methoxy groups -OCH3 is 1. The van der Waals surface area contributed by atoms with E-state index in [1.54, 1.807) is 13.3 Å². The number of aliphatic hydroxyl groups is 1. The Labute approximate surface area is 126 Å². The fourth-order valence-corrected chi connectivity index (χ4v) is 3.16. The first-order valence-corrected chi connectivity index (χ1v) is 7.72. The summed E-state index contributed by atoms with van der Waals surface area (Å²) in [7, 11) is 1.62. The Morgan fingerprint density at radius 3 is 2.48 bits per heavy atom. The molecule has 1 saturated carbocycles. The van der Waals surface area contributed by atoms with Crippen molar-refractivity contribution < 1.29 is 14.6 Å². The van der Waals surface area contributed by atoms with Crippen molar-refractivity contribution in [3.05, 3.63) is 23.0 Å². The molecule has 2 rings (SSSR count). The molecule has 21 heavy (non-hydrogen) atoms. The summed E-state index contributed by atoms with van der Waals surface area (Å²) < 4.78 is 5.37. The number of ketones is 1. The van der Waals surface area contributed by atoms with E-state index in [9.17, 15) is 9.90 Å². The topological polar surface area (TPSA) is 59.4 Å². The lowest BCUT2D eigenvalue weighted by Gasteiger charge is -2.25. The average Bonchev–Trinajstić information content (AvgIpc) is 2.68. The van der Waals surface area contributed by atoms with Crippen LogP contribution in [0.15, 0.2) is 6.20 Å². The number of aromatic nitrogens is 1. The normalized spacial score (nSPS) is 18.1. The van der Waals surface area contributed by atoms with Crippen molar-refractivity contribution in [2.24, 2.45) is 0 Å². The van der Waals surface area contributed by atoms with Crippen LogP contribution in [-0.4, -0.2) is 28.6 Å². The predicted molar refractivity (Wildman–Crippen MR) is 81.6 cm³/mol. The second-order valence-electron chi connectivity index (χ2n) is 6.09. The number of ether oxygens (including phenoxy) is 1. The Morgan fingerprint density at radius 2 is 1.90 bits per heavy atom. The minimum absolute atomic E-state index is 0.106. The SMILES string of the molecule is COc1c(C)cnc(CC(=O)C2(O)CCCCCC2)c1C. The zero-order chi connectivity index (χ0) is 15.5. The molecular formula is C17H25NO3. The van der Waals surface area contributed by atoms with Crippen molar-refractivity contribution in [1.29, 1.82) is 0 Å². The van der Waals surface area contributed by atoms with E-state index < -0.39 is 5.60 Å². The van der Waals surface area contributed by atoms with Crippen molar-refractivity contribution in [3.8, 4) is 5.75 Å². The molecule has 0 amide bonds. The molecule has 0 unspecified atom stereocenters. The van der Waals surface area contributed by atoms with Gasteiger partial charge in [-0.05, 0) is 26.7 Å². The summed E-state index contributed by atoms with van der Waals surface area (Å²) in [5.41, 5.74) is 1.39. The van der Waals surface area contributed by atoms with Gasteiger partial charge in [-0.2, -0.15) is 0 Å². The summed E-state index contributed by atoms with van der Waals surface area (Å²) >= 11 is 0. The van der Waals surface area contributed by atoms with E-state index in [1.807, 2.05) is 13.8 Å². The highest BCUT2D eigenvalue weighted by atomic mass is 16.5. The molecule has 0 atom stereocenters. The van der Waals surface area contributed by atoms with Crippen LogP contribution < -0.4 is 4.74 Å². The number of Topliss-reactive ketones (excluding diaryl/α,β-unsaturated/α-hetero) is 1. The third-order valence-electron chi connectivity index (χ3n) is 4.53. The monoisotopic (exact) mass is 291 g/mol. The number of pyridine rings is 1. The average molecular weight is 291 g/mol. The predicted octanol–water partition coefficient (Wildman–Crippen LogP) is 2.90. The third kappa shape index (κ3) is 3.43. The van der Waals surface area contributed by atoms with Gasteiger partial charge in [0, 0.05) is 17.3 Å². The summed E-state index contributed by atoms with van der Waals surface area (Å²) in [4.78, 5) is 16.9. The minimum atomic E-state index is -1.16. The lowest BCUT2D eigenvalue weighted by atomic mass is 9.87. The van der Waals surface area contributed by atoms with E-state index in [0.717, 1.165) is 42.6 Å². The van der Waals surface area contributed by atoms with Crippen LogP contribution in [-0.2, 0) is 11.2 Å². The summed E-state index contributed by atoms with van der Waals surface area (Å²) in [6, 6.07) is 0. The molecular weight excluding hydrogens is 266 g/mol. The minimum Gasteiger partial charge on any atom is -0.496 e. The molecule has 0 saturated heterocycles. The molecule has 1 fully saturated rings. The van der Waals surface area contributed by atoms with Gasteiger partial charge in [-0.15, -0.1) is 0 Å². The lowest BCUT2D eigenvalue weighted by molar-refractivity contribution is -0.138. The van der Waals surface area contributed by atoms with E-state index in [2.05, 4.69) is 4.98 Å². The van der Waals surface area contributed by atoms with Crippen molar-refractivity contribution in [2.75, 3.05) is 7.11 Å². The fraction of sp³-hybridized carbons (Fsp3) is 0.647. The number of nitrogens with zero attached hydrogens (tertiary/aromatic N) is 1. The van der Waals surface area contributed by atoms with Crippen LogP contribution >= 0.6 is 0 Å². The highest BCUT2D eigenvalue weighted by Crippen LogP contribution is 2.30. The van der Waals surface area contributed by atoms with E-state index in [-0.39, 0.29) is 12.2 Å². The molecule has 4 heteroatoms. The molecule has 1 aromatic heterocycles. The summed E-state index contributed by atoms with van der Waals surface area (Å²) in [6.07, 6.45) is 7.11. The Morgan fingerprint density at radius 1 is 1.29 bits per heavy atom. The number of carbonyl (C=O) groups is 1. The van der Waals surface area contributed by atoms with Gasteiger partial charge in [0.25, 0.3) is 0 Å². The lowest BCUT2D eigenvalue weighted by Crippen LogP contribution is -2.39. The molecule has 4 nitrogen and oxygen atoms in total. The first kappa shape index (κ1) is 16.0. The number of rotatable bonds is 4. The second kappa shape index (κ2) is 6.56. The zero-order valence-corrected chi connectivity index (χ0v) is 13.2. The first-order valence-electron chi connectivity index (χ1n) is 7.72. The van der Waals surface area contributed by atoms with Crippen molar-refractivity contribution in [2.45, 2.75) is 64.4 Å². The molecule has 1 aliphatic carbocycles.